The first kappa shape index (κ1) is 14.2. The normalized spacial score (nSPS) is 10.7. The zero-order valence-electron chi connectivity index (χ0n) is 10.8. The number of benzene rings is 1. The number of hydrogen-bond acceptors (Lipinski definition) is 4. The molecule has 1 aromatic heterocycles. The smallest absolute Gasteiger partial charge is 0.342 e. The highest BCUT2D eigenvalue weighted by Crippen LogP contribution is 2.33. The van der Waals surface area contributed by atoms with E-state index >= 15 is 0 Å². The first-order chi connectivity index (χ1) is 9.19. The molecule has 1 heterocycles. The van der Waals surface area contributed by atoms with E-state index in [1.807, 2.05) is 31.2 Å². The van der Waals surface area contributed by atoms with Gasteiger partial charge in [0.25, 0.3) is 0 Å². The van der Waals surface area contributed by atoms with Crippen LogP contribution >= 0.6 is 23.4 Å². The summed E-state index contributed by atoms with van der Waals surface area (Å²) in [6, 6.07) is 7.51. The van der Waals surface area contributed by atoms with Crippen LogP contribution in [0.1, 0.15) is 24.2 Å². The van der Waals surface area contributed by atoms with E-state index in [1.54, 1.807) is 6.92 Å². The van der Waals surface area contributed by atoms with Crippen LogP contribution in [-0.4, -0.2) is 23.3 Å². The van der Waals surface area contributed by atoms with Gasteiger partial charge in [0.15, 0.2) is 0 Å². The standard InChI is InChI=1S/C14H14ClNO2S/c1-3-18-14(17)11-12(15)9-7-5-6-8-10(9)16-13(11)19-4-2/h5-8H,3-4H2,1-2H3. The lowest BCUT2D eigenvalue weighted by Crippen LogP contribution is -2.09. The Kier molecular flexibility index (Phi) is 4.66. The van der Waals surface area contributed by atoms with Crippen molar-refractivity contribution in [3.63, 3.8) is 0 Å². The molecule has 0 saturated carbocycles. The molecule has 19 heavy (non-hydrogen) atoms. The summed E-state index contributed by atoms with van der Waals surface area (Å²) < 4.78 is 5.07. The van der Waals surface area contributed by atoms with Crippen molar-refractivity contribution in [2.24, 2.45) is 0 Å². The quantitative estimate of drug-likeness (QED) is 0.627. The Morgan fingerprint density at radius 3 is 2.79 bits per heavy atom. The number of ether oxygens (including phenoxy) is 1. The predicted molar refractivity (Wildman–Crippen MR) is 79.1 cm³/mol. The van der Waals surface area contributed by atoms with Gasteiger partial charge in [-0.15, -0.1) is 11.8 Å². The number of nitrogens with zero attached hydrogens (tertiary/aromatic N) is 1. The Hall–Kier alpha value is -1.26. The minimum atomic E-state index is -0.415. The monoisotopic (exact) mass is 295 g/mol. The molecule has 0 aliphatic rings. The van der Waals surface area contributed by atoms with Crippen molar-refractivity contribution < 1.29 is 9.53 Å². The van der Waals surface area contributed by atoms with Crippen LogP contribution in [0.15, 0.2) is 29.3 Å². The zero-order valence-corrected chi connectivity index (χ0v) is 12.3. The van der Waals surface area contributed by atoms with Gasteiger partial charge in [-0.3, -0.25) is 0 Å². The molecule has 100 valence electrons. The van der Waals surface area contributed by atoms with Crippen LogP contribution < -0.4 is 0 Å². The highest BCUT2D eigenvalue weighted by Gasteiger charge is 2.21. The van der Waals surface area contributed by atoms with Gasteiger partial charge >= 0.3 is 5.97 Å². The van der Waals surface area contributed by atoms with Gasteiger partial charge in [-0.05, 0) is 18.7 Å². The highest BCUT2D eigenvalue weighted by atomic mass is 35.5. The second kappa shape index (κ2) is 6.26. The van der Waals surface area contributed by atoms with Crippen LogP contribution in [0.3, 0.4) is 0 Å². The van der Waals surface area contributed by atoms with Crippen LogP contribution in [0.25, 0.3) is 10.9 Å². The maximum atomic E-state index is 12.0. The molecule has 5 heteroatoms. The Morgan fingerprint density at radius 1 is 1.37 bits per heavy atom. The van der Waals surface area contributed by atoms with Gasteiger partial charge in [-0.2, -0.15) is 0 Å². The number of fused-ring (bicyclic) bond motifs is 1. The van der Waals surface area contributed by atoms with E-state index in [1.165, 1.54) is 11.8 Å². The number of hydrogen-bond donors (Lipinski definition) is 0. The van der Waals surface area contributed by atoms with Gasteiger partial charge in [0.1, 0.15) is 10.6 Å². The first-order valence-electron chi connectivity index (χ1n) is 6.07. The number of rotatable bonds is 4. The highest BCUT2D eigenvalue weighted by molar-refractivity contribution is 7.99. The second-order valence-electron chi connectivity index (χ2n) is 3.78. The predicted octanol–water partition coefficient (Wildman–Crippen LogP) is 4.18. The topological polar surface area (TPSA) is 39.2 Å². The maximum absolute atomic E-state index is 12.0. The largest absolute Gasteiger partial charge is 0.462 e. The van der Waals surface area contributed by atoms with Gasteiger partial charge in [0.2, 0.25) is 0 Å². The third-order valence-electron chi connectivity index (χ3n) is 2.56. The molecule has 0 bridgehead atoms. The molecule has 0 N–H and O–H groups in total. The molecule has 0 aliphatic carbocycles. The summed E-state index contributed by atoms with van der Waals surface area (Å²) in [6.45, 7) is 4.09. The van der Waals surface area contributed by atoms with Crippen molar-refractivity contribution in [1.29, 1.82) is 0 Å². The minimum absolute atomic E-state index is 0.318. The SMILES string of the molecule is CCOC(=O)c1c(SCC)nc2ccccc2c1Cl. The number of esters is 1. The Balaban J connectivity index is 2.67. The lowest BCUT2D eigenvalue weighted by Gasteiger charge is -2.11. The molecule has 0 spiro atoms. The molecule has 0 fully saturated rings. The van der Waals surface area contributed by atoms with E-state index in [4.69, 9.17) is 16.3 Å². The first-order valence-corrected chi connectivity index (χ1v) is 7.43. The van der Waals surface area contributed by atoms with Gasteiger partial charge in [0, 0.05) is 5.39 Å². The van der Waals surface area contributed by atoms with Crippen LogP contribution in [0, 0.1) is 0 Å². The Bertz CT molecular complexity index is 616. The maximum Gasteiger partial charge on any atom is 0.342 e. The van der Waals surface area contributed by atoms with Gasteiger partial charge in [-0.1, -0.05) is 36.7 Å². The number of para-hydroxylation sites is 1. The number of pyridine rings is 1. The second-order valence-corrected chi connectivity index (χ2v) is 5.41. The van der Waals surface area contributed by atoms with Gasteiger partial charge < -0.3 is 4.74 Å². The summed E-state index contributed by atoms with van der Waals surface area (Å²) in [5.74, 6) is 0.398. The van der Waals surface area contributed by atoms with Crippen molar-refractivity contribution in [3.8, 4) is 0 Å². The fourth-order valence-corrected chi connectivity index (χ4v) is 2.92. The fourth-order valence-electron chi connectivity index (χ4n) is 1.77. The summed E-state index contributed by atoms with van der Waals surface area (Å²) in [5.41, 5.74) is 1.16. The van der Waals surface area contributed by atoms with Crippen molar-refractivity contribution in [1.82, 2.24) is 4.98 Å². The van der Waals surface area contributed by atoms with Gasteiger partial charge in [0.05, 0.1) is 17.1 Å². The zero-order chi connectivity index (χ0) is 13.8. The number of thioether (sulfide) groups is 1. The van der Waals surface area contributed by atoms with Crippen LogP contribution in [0.4, 0.5) is 0 Å². The van der Waals surface area contributed by atoms with Crippen molar-refractivity contribution in [2.45, 2.75) is 18.9 Å². The molecule has 0 atom stereocenters. The molecule has 2 aromatic rings. The minimum Gasteiger partial charge on any atom is -0.462 e. The number of carbonyl (C=O) groups excluding carboxylic acids is 1. The van der Waals surface area contributed by atoms with Crippen molar-refractivity contribution in [3.05, 3.63) is 34.9 Å². The molecule has 2 rings (SSSR count). The van der Waals surface area contributed by atoms with E-state index in [0.29, 0.717) is 22.2 Å². The van der Waals surface area contributed by atoms with E-state index in [-0.39, 0.29) is 0 Å². The summed E-state index contributed by atoms with van der Waals surface area (Å²) in [4.78, 5) is 16.6. The molecule has 0 saturated heterocycles. The summed E-state index contributed by atoms with van der Waals surface area (Å²) in [5, 5.41) is 1.82. The summed E-state index contributed by atoms with van der Waals surface area (Å²) >= 11 is 7.85. The van der Waals surface area contributed by atoms with E-state index < -0.39 is 5.97 Å². The van der Waals surface area contributed by atoms with Crippen molar-refractivity contribution in [2.75, 3.05) is 12.4 Å². The molecular formula is C14H14ClNO2S. The van der Waals surface area contributed by atoms with Crippen LogP contribution in [0.5, 0.6) is 0 Å². The number of aromatic nitrogens is 1. The van der Waals surface area contributed by atoms with Crippen molar-refractivity contribution >= 4 is 40.2 Å². The molecule has 1 aromatic carbocycles. The van der Waals surface area contributed by atoms with Gasteiger partial charge in [-0.25, -0.2) is 9.78 Å². The number of halogens is 1. The average molecular weight is 296 g/mol. The lowest BCUT2D eigenvalue weighted by atomic mass is 10.1. The lowest BCUT2D eigenvalue weighted by molar-refractivity contribution is 0.0522. The molecular weight excluding hydrogens is 282 g/mol. The summed E-state index contributed by atoms with van der Waals surface area (Å²) in [6.07, 6.45) is 0. The fraction of sp³-hybridized carbons (Fsp3) is 0.286. The van der Waals surface area contributed by atoms with E-state index in [0.717, 1.165) is 16.7 Å². The summed E-state index contributed by atoms with van der Waals surface area (Å²) in [7, 11) is 0. The molecule has 3 nitrogen and oxygen atoms in total. The van der Waals surface area contributed by atoms with E-state index in [2.05, 4.69) is 4.98 Å². The molecule has 0 unspecified atom stereocenters. The Morgan fingerprint density at radius 2 is 2.11 bits per heavy atom. The third kappa shape index (κ3) is 2.85. The average Bonchev–Trinajstić information content (AvgIpc) is 2.39. The molecule has 0 amide bonds. The molecule has 0 radical (unpaired) electrons. The third-order valence-corrected chi connectivity index (χ3v) is 3.81. The van der Waals surface area contributed by atoms with E-state index in [9.17, 15) is 4.79 Å². The Labute approximate surface area is 121 Å². The van der Waals surface area contributed by atoms with Crippen LogP contribution in [-0.2, 0) is 4.74 Å². The molecule has 0 aliphatic heterocycles. The number of carbonyl (C=O) groups is 1. The van der Waals surface area contributed by atoms with Crippen LogP contribution in [0.2, 0.25) is 5.02 Å².